The van der Waals surface area contributed by atoms with Crippen LogP contribution in [0.3, 0.4) is 0 Å². The molecule has 0 saturated heterocycles. The summed E-state index contributed by atoms with van der Waals surface area (Å²) in [6.45, 7) is 0.744. The average molecular weight is 545 g/mol. The first-order chi connectivity index (χ1) is 18.6. The van der Waals surface area contributed by atoms with Gasteiger partial charge >= 0.3 is 11.9 Å². The number of carboxylic acids is 1. The molecule has 1 aromatic carbocycles. The largest absolute Gasteiger partial charge is 0.481 e. The zero-order valence-electron chi connectivity index (χ0n) is 23.0. The van der Waals surface area contributed by atoms with E-state index in [4.69, 9.17) is 4.74 Å². The van der Waals surface area contributed by atoms with Crippen LogP contribution in [0.1, 0.15) is 50.5 Å². The third-order valence-corrected chi connectivity index (χ3v) is 7.94. The number of benzene rings is 1. The smallest absolute Gasteiger partial charge is 0.325 e. The van der Waals surface area contributed by atoms with Gasteiger partial charge in [0, 0.05) is 32.2 Å². The highest BCUT2D eigenvalue weighted by Crippen LogP contribution is 2.44. The van der Waals surface area contributed by atoms with Gasteiger partial charge in [-0.05, 0) is 50.8 Å². The van der Waals surface area contributed by atoms with Crippen LogP contribution >= 0.6 is 0 Å². The van der Waals surface area contributed by atoms with Gasteiger partial charge in [0.2, 0.25) is 17.7 Å². The predicted molar refractivity (Wildman–Crippen MR) is 144 cm³/mol. The fourth-order valence-corrected chi connectivity index (χ4v) is 5.58. The molecular formula is C28H40N4O7. The van der Waals surface area contributed by atoms with E-state index in [9.17, 15) is 29.1 Å². The van der Waals surface area contributed by atoms with Gasteiger partial charge in [0.15, 0.2) is 0 Å². The van der Waals surface area contributed by atoms with E-state index in [1.165, 1.54) is 16.9 Å². The Labute approximate surface area is 229 Å². The first-order valence-corrected chi connectivity index (χ1v) is 13.5. The van der Waals surface area contributed by atoms with E-state index in [0.29, 0.717) is 44.5 Å². The second kappa shape index (κ2) is 13.5. The molecule has 1 fully saturated rings. The Bertz CT molecular complexity index is 1070. The van der Waals surface area contributed by atoms with Gasteiger partial charge in [-0.2, -0.15) is 0 Å². The van der Waals surface area contributed by atoms with Crippen LogP contribution in [-0.2, 0) is 35.1 Å². The van der Waals surface area contributed by atoms with Gasteiger partial charge in [0.25, 0.3) is 0 Å². The van der Waals surface area contributed by atoms with Gasteiger partial charge in [0.1, 0.15) is 12.6 Å². The summed E-state index contributed by atoms with van der Waals surface area (Å²) in [7, 11) is 4.65. The molecule has 214 valence electrons. The zero-order chi connectivity index (χ0) is 28.6. The zero-order valence-corrected chi connectivity index (χ0v) is 23.0. The molecule has 2 unspecified atom stereocenters. The van der Waals surface area contributed by atoms with E-state index >= 15 is 0 Å². The number of anilines is 1. The Morgan fingerprint density at radius 3 is 2.54 bits per heavy atom. The average Bonchev–Trinajstić information content (AvgIpc) is 3.37. The van der Waals surface area contributed by atoms with Gasteiger partial charge in [-0.1, -0.05) is 31.0 Å². The van der Waals surface area contributed by atoms with Crippen LogP contribution in [0, 0.1) is 11.3 Å². The molecule has 2 aliphatic rings. The number of nitrogens with one attached hydrogen (secondary N) is 2. The molecule has 1 aliphatic carbocycles. The van der Waals surface area contributed by atoms with Crippen LogP contribution in [0.25, 0.3) is 0 Å². The van der Waals surface area contributed by atoms with Crippen molar-refractivity contribution in [1.82, 2.24) is 15.5 Å². The van der Waals surface area contributed by atoms with E-state index in [0.717, 1.165) is 18.4 Å². The summed E-state index contributed by atoms with van der Waals surface area (Å²) in [6.07, 6.45) is 3.17. The highest BCUT2D eigenvalue weighted by molar-refractivity contribution is 6.03. The molecule has 1 aliphatic heterocycles. The number of hydrogen-bond donors (Lipinski definition) is 3. The quantitative estimate of drug-likeness (QED) is 0.334. The first kappa shape index (κ1) is 30.1. The summed E-state index contributed by atoms with van der Waals surface area (Å²) in [5.41, 5.74) is 0.500. The monoisotopic (exact) mass is 544 g/mol. The van der Waals surface area contributed by atoms with Crippen LogP contribution < -0.4 is 15.5 Å². The highest BCUT2D eigenvalue weighted by atomic mass is 16.5. The molecule has 3 N–H and O–H groups in total. The summed E-state index contributed by atoms with van der Waals surface area (Å²) in [6, 6.07) is 6.41. The summed E-state index contributed by atoms with van der Waals surface area (Å²) in [4.78, 5) is 67.3. The third kappa shape index (κ3) is 7.35. The molecule has 1 heterocycles. The Balaban J connectivity index is 1.79. The molecule has 39 heavy (non-hydrogen) atoms. The first-order valence-electron chi connectivity index (χ1n) is 13.5. The van der Waals surface area contributed by atoms with Crippen molar-refractivity contribution in [2.75, 3.05) is 45.7 Å². The van der Waals surface area contributed by atoms with E-state index in [1.807, 2.05) is 12.1 Å². The van der Waals surface area contributed by atoms with Crippen LogP contribution in [-0.4, -0.2) is 86.5 Å². The Morgan fingerprint density at radius 1 is 1.21 bits per heavy atom. The lowest BCUT2D eigenvalue weighted by molar-refractivity contribution is -0.148. The minimum Gasteiger partial charge on any atom is -0.481 e. The number of fused-ring (bicyclic) bond motifs is 1. The molecule has 11 nitrogen and oxygen atoms in total. The van der Waals surface area contributed by atoms with Gasteiger partial charge in [-0.3, -0.25) is 28.9 Å². The second-order valence-electron chi connectivity index (χ2n) is 10.5. The molecule has 1 saturated carbocycles. The van der Waals surface area contributed by atoms with Crippen molar-refractivity contribution in [3.63, 3.8) is 0 Å². The topological polar surface area (TPSA) is 145 Å². The predicted octanol–water partition coefficient (Wildman–Crippen LogP) is 1.34. The maximum atomic E-state index is 13.8. The van der Waals surface area contributed by atoms with Gasteiger partial charge < -0.3 is 25.4 Å². The number of hydrogen-bond acceptors (Lipinski definition) is 7. The number of likely N-dealkylation sites (N-methyl/N-ethyl adjacent to an activating group) is 2. The molecule has 11 heteroatoms. The number of carbonyl (C=O) groups excluding carboxylic acids is 4. The summed E-state index contributed by atoms with van der Waals surface area (Å²) in [5, 5.41) is 15.8. The SMILES string of the molecule is CNCCN(C)C(=O)CC(CC1(C(=O)NC2CCc3ccccc3N(CC(=O)OC)C2=O)CCCC1)C(=O)O. The number of aryl methyl sites for hydroxylation is 1. The molecule has 3 rings (SSSR count). The van der Waals surface area contributed by atoms with Crippen molar-refractivity contribution in [2.45, 2.75) is 57.4 Å². The molecule has 0 radical (unpaired) electrons. The van der Waals surface area contributed by atoms with Crippen molar-refractivity contribution in [3.05, 3.63) is 29.8 Å². The van der Waals surface area contributed by atoms with Crippen molar-refractivity contribution in [3.8, 4) is 0 Å². The van der Waals surface area contributed by atoms with Gasteiger partial charge in [-0.25, -0.2) is 0 Å². The maximum absolute atomic E-state index is 13.8. The third-order valence-electron chi connectivity index (χ3n) is 7.94. The fourth-order valence-electron chi connectivity index (χ4n) is 5.58. The van der Waals surface area contributed by atoms with Gasteiger partial charge in [-0.15, -0.1) is 0 Å². The lowest BCUT2D eigenvalue weighted by Gasteiger charge is -2.33. The number of carboxylic acid groups (broad SMARTS) is 1. The van der Waals surface area contributed by atoms with Crippen LogP contribution in [0.15, 0.2) is 24.3 Å². The molecule has 0 aromatic heterocycles. The van der Waals surface area contributed by atoms with E-state index in [1.54, 1.807) is 26.2 Å². The minimum absolute atomic E-state index is 0.0206. The van der Waals surface area contributed by atoms with Gasteiger partial charge in [0.05, 0.1) is 18.4 Å². The lowest BCUT2D eigenvalue weighted by atomic mass is 9.75. The Kier molecular flexibility index (Phi) is 10.4. The molecule has 3 amide bonds. The number of ether oxygens (including phenoxy) is 1. The number of carbonyl (C=O) groups is 5. The molecule has 0 spiro atoms. The van der Waals surface area contributed by atoms with Crippen LogP contribution in [0.5, 0.6) is 0 Å². The molecule has 1 aromatic rings. The summed E-state index contributed by atoms with van der Waals surface area (Å²) < 4.78 is 4.80. The normalized spacial score (nSPS) is 19.0. The molecule has 0 bridgehead atoms. The summed E-state index contributed by atoms with van der Waals surface area (Å²) >= 11 is 0. The van der Waals surface area contributed by atoms with Crippen molar-refractivity contribution in [1.29, 1.82) is 0 Å². The Hall–Kier alpha value is -3.47. The number of rotatable bonds is 12. The number of aliphatic carboxylic acids is 1. The van der Waals surface area contributed by atoms with E-state index < -0.39 is 35.2 Å². The van der Waals surface area contributed by atoms with E-state index in [2.05, 4.69) is 10.6 Å². The number of amides is 3. The number of methoxy groups -OCH3 is 1. The Morgan fingerprint density at radius 2 is 1.90 bits per heavy atom. The molecular weight excluding hydrogens is 504 g/mol. The van der Waals surface area contributed by atoms with Crippen molar-refractivity contribution >= 4 is 35.3 Å². The maximum Gasteiger partial charge on any atom is 0.325 e. The number of esters is 1. The fraction of sp³-hybridized carbons (Fsp3) is 0.607. The number of para-hydroxylation sites is 1. The lowest BCUT2D eigenvalue weighted by Crippen LogP contribution is -2.53. The van der Waals surface area contributed by atoms with Crippen molar-refractivity contribution < 1.29 is 33.8 Å². The summed E-state index contributed by atoms with van der Waals surface area (Å²) in [5.74, 6) is -3.79. The second-order valence-corrected chi connectivity index (χ2v) is 10.5. The number of nitrogens with zero attached hydrogens (tertiary/aromatic N) is 2. The highest BCUT2D eigenvalue weighted by Gasteiger charge is 2.46. The minimum atomic E-state index is -1.12. The van der Waals surface area contributed by atoms with Crippen LogP contribution in [0.4, 0.5) is 5.69 Å². The molecule has 2 atom stereocenters. The standard InChI is InChI=1S/C28H40N4O7/c1-29-14-15-31(2)23(33)16-20(26(36)37)17-28(12-6-7-13-28)27(38)30-21-11-10-19-8-4-5-9-22(19)32(25(21)35)18-24(34)39-3/h4-5,8-9,20-21,29H,6-7,10-18H2,1-3H3,(H,30,38)(H,36,37). The van der Waals surface area contributed by atoms with Crippen LogP contribution in [0.2, 0.25) is 0 Å². The van der Waals surface area contributed by atoms with Crippen molar-refractivity contribution in [2.24, 2.45) is 11.3 Å². The van der Waals surface area contributed by atoms with E-state index in [-0.39, 0.29) is 31.2 Å².